The zero-order chi connectivity index (χ0) is 19.9. The van der Waals surface area contributed by atoms with Gasteiger partial charge in [0, 0.05) is 6.04 Å². The fourth-order valence-electron chi connectivity index (χ4n) is 3.90. The van der Waals surface area contributed by atoms with Crippen molar-refractivity contribution in [2.75, 3.05) is 19.7 Å². The maximum absolute atomic E-state index is 10.8. The van der Waals surface area contributed by atoms with Crippen LogP contribution in [0.3, 0.4) is 0 Å². The molecule has 1 aliphatic heterocycles. The number of carboxylic acid groups (broad SMARTS) is 1. The Bertz CT molecular complexity index is 739. The number of aliphatic hydroxyl groups excluding tert-OH is 1. The summed E-state index contributed by atoms with van der Waals surface area (Å²) in [5, 5.41) is 19.4. The summed E-state index contributed by atoms with van der Waals surface area (Å²) in [5.41, 5.74) is 2.22. The summed E-state index contributed by atoms with van der Waals surface area (Å²) in [6, 6.07) is 17.7. The molecule has 0 aliphatic carbocycles. The standard InChI is InChI=1S/C23H29NO4/c1-17(23(27)20-7-9-21(10-8-20)28-16-22(25)26)24-13-11-19(12-14-24)15-18-5-3-2-4-6-18/h2-10,17,19,23,27H,11-16H2,1H3,(H,25,26)/t17-,23-/m1/s1. The molecule has 2 atom stereocenters. The van der Waals surface area contributed by atoms with Crippen LogP contribution >= 0.6 is 0 Å². The Morgan fingerprint density at radius 1 is 1.11 bits per heavy atom. The predicted molar refractivity (Wildman–Crippen MR) is 108 cm³/mol. The maximum Gasteiger partial charge on any atom is 0.341 e. The Labute approximate surface area is 166 Å². The van der Waals surface area contributed by atoms with Crippen LogP contribution in [-0.4, -0.2) is 46.8 Å². The molecule has 0 aromatic heterocycles. The summed E-state index contributed by atoms with van der Waals surface area (Å²) in [7, 11) is 0. The molecule has 0 radical (unpaired) electrons. The van der Waals surface area contributed by atoms with Gasteiger partial charge in [0.1, 0.15) is 5.75 Å². The number of hydrogen-bond donors (Lipinski definition) is 2. The molecule has 5 heteroatoms. The van der Waals surface area contributed by atoms with E-state index in [-0.39, 0.29) is 12.6 Å². The molecule has 2 aromatic rings. The van der Waals surface area contributed by atoms with E-state index in [2.05, 4.69) is 42.2 Å². The summed E-state index contributed by atoms with van der Waals surface area (Å²) in [6.45, 7) is 3.69. The summed E-state index contributed by atoms with van der Waals surface area (Å²) in [6.07, 6.45) is 2.84. The Hall–Kier alpha value is -2.37. The monoisotopic (exact) mass is 383 g/mol. The number of rotatable bonds is 8. The second kappa shape index (κ2) is 9.71. The first-order chi connectivity index (χ1) is 13.5. The van der Waals surface area contributed by atoms with Gasteiger partial charge in [0.25, 0.3) is 0 Å². The second-order valence-electron chi connectivity index (χ2n) is 7.61. The highest BCUT2D eigenvalue weighted by Gasteiger charge is 2.27. The summed E-state index contributed by atoms with van der Waals surface area (Å²) < 4.78 is 5.15. The van der Waals surface area contributed by atoms with Crippen LogP contribution in [0.25, 0.3) is 0 Å². The van der Waals surface area contributed by atoms with E-state index in [0.717, 1.165) is 37.9 Å². The van der Waals surface area contributed by atoms with Gasteiger partial charge in [-0.25, -0.2) is 4.79 Å². The van der Waals surface area contributed by atoms with Crippen LogP contribution < -0.4 is 4.74 Å². The number of nitrogens with zero attached hydrogens (tertiary/aromatic N) is 1. The van der Waals surface area contributed by atoms with Crippen LogP contribution in [0.1, 0.15) is 37.0 Å². The van der Waals surface area contributed by atoms with E-state index in [1.54, 1.807) is 24.3 Å². The van der Waals surface area contributed by atoms with E-state index in [4.69, 9.17) is 9.84 Å². The number of likely N-dealkylation sites (tertiary alicyclic amines) is 1. The van der Waals surface area contributed by atoms with Crippen LogP contribution in [0.4, 0.5) is 0 Å². The minimum Gasteiger partial charge on any atom is -0.482 e. The normalized spacial score (nSPS) is 17.8. The molecule has 1 aliphatic rings. The third-order valence-corrected chi connectivity index (χ3v) is 5.63. The molecule has 150 valence electrons. The molecule has 0 amide bonds. The van der Waals surface area contributed by atoms with Crippen LogP contribution in [0, 0.1) is 5.92 Å². The van der Waals surface area contributed by atoms with Crippen molar-refractivity contribution in [1.82, 2.24) is 4.90 Å². The van der Waals surface area contributed by atoms with Gasteiger partial charge in [0.15, 0.2) is 6.61 Å². The van der Waals surface area contributed by atoms with Gasteiger partial charge >= 0.3 is 5.97 Å². The van der Waals surface area contributed by atoms with Crippen molar-refractivity contribution in [1.29, 1.82) is 0 Å². The van der Waals surface area contributed by atoms with Gasteiger partial charge in [-0.1, -0.05) is 42.5 Å². The molecule has 5 nitrogen and oxygen atoms in total. The molecule has 0 spiro atoms. The Balaban J connectivity index is 1.50. The highest BCUT2D eigenvalue weighted by Crippen LogP contribution is 2.28. The Morgan fingerprint density at radius 2 is 1.75 bits per heavy atom. The third kappa shape index (κ3) is 5.57. The van der Waals surface area contributed by atoms with Gasteiger partial charge in [-0.05, 0) is 68.5 Å². The van der Waals surface area contributed by atoms with E-state index in [9.17, 15) is 9.90 Å². The molecule has 1 heterocycles. The van der Waals surface area contributed by atoms with E-state index >= 15 is 0 Å². The smallest absolute Gasteiger partial charge is 0.341 e. The number of aliphatic hydroxyl groups is 1. The minimum atomic E-state index is -1.01. The molecule has 0 saturated carbocycles. The van der Waals surface area contributed by atoms with Crippen molar-refractivity contribution in [3.8, 4) is 5.75 Å². The van der Waals surface area contributed by atoms with Crippen molar-refractivity contribution in [3.63, 3.8) is 0 Å². The Kier molecular flexibility index (Phi) is 7.06. The van der Waals surface area contributed by atoms with Crippen molar-refractivity contribution < 1.29 is 19.7 Å². The van der Waals surface area contributed by atoms with Gasteiger partial charge in [0.05, 0.1) is 6.10 Å². The molecule has 1 fully saturated rings. The molecule has 28 heavy (non-hydrogen) atoms. The summed E-state index contributed by atoms with van der Waals surface area (Å²) in [5.74, 6) is 0.190. The summed E-state index contributed by atoms with van der Waals surface area (Å²) >= 11 is 0. The molecule has 2 aromatic carbocycles. The second-order valence-corrected chi connectivity index (χ2v) is 7.61. The average Bonchev–Trinajstić information content (AvgIpc) is 2.73. The lowest BCUT2D eigenvalue weighted by molar-refractivity contribution is -0.139. The first-order valence-electron chi connectivity index (χ1n) is 9.93. The number of piperidine rings is 1. The van der Waals surface area contributed by atoms with Gasteiger partial charge in [0.2, 0.25) is 0 Å². The molecule has 2 N–H and O–H groups in total. The van der Waals surface area contributed by atoms with E-state index in [1.807, 2.05) is 0 Å². The lowest BCUT2D eigenvalue weighted by Crippen LogP contribution is -2.43. The minimum absolute atomic E-state index is 0.0310. The van der Waals surface area contributed by atoms with Crippen LogP contribution in [0.15, 0.2) is 54.6 Å². The van der Waals surface area contributed by atoms with E-state index in [1.165, 1.54) is 5.56 Å². The number of carbonyl (C=O) groups is 1. The van der Waals surface area contributed by atoms with Gasteiger partial charge in [-0.15, -0.1) is 0 Å². The quantitative estimate of drug-likeness (QED) is 0.730. The van der Waals surface area contributed by atoms with Crippen molar-refractivity contribution in [2.24, 2.45) is 5.92 Å². The molecular formula is C23H29NO4. The third-order valence-electron chi connectivity index (χ3n) is 5.63. The van der Waals surface area contributed by atoms with Gasteiger partial charge < -0.3 is 14.9 Å². The number of benzene rings is 2. The highest BCUT2D eigenvalue weighted by atomic mass is 16.5. The fourth-order valence-corrected chi connectivity index (χ4v) is 3.90. The highest BCUT2D eigenvalue weighted by molar-refractivity contribution is 5.68. The topological polar surface area (TPSA) is 70.0 Å². The molecule has 1 saturated heterocycles. The van der Waals surface area contributed by atoms with Crippen molar-refractivity contribution in [3.05, 3.63) is 65.7 Å². The lowest BCUT2D eigenvalue weighted by atomic mass is 9.89. The number of hydrogen-bond acceptors (Lipinski definition) is 4. The lowest BCUT2D eigenvalue weighted by Gasteiger charge is -2.38. The first-order valence-corrected chi connectivity index (χ1v) is 9.93. The number of ether oxygens (including phenoxy) is 1. The predicted octanol–water partition coefficient (Wildman–Crippen LogP) is 3.53. The zero-order valence-electron chi connectivity index (χ0n) is 16.3. The van der Waals surface area contributed by atoms with Gasteiger partial charge in [-0.2, -0.15) is 0 Å². The average molecular weight is 383 g/mol. The molecule has 0 bridgehead atoms. The fraction of sp³-hybridized carbons (Fsp3) is 0.435. The molecular weight excluding hydrogens is 354 g/mol. The van der Waals surface area contributed by atoms with Crippen LogP contribution in [0.5, 0.6) is 5.75 Å². The number of carboxylic acids is 1. The zero-order valence-corrected chi connectivity index (χ0v) is 16.3. The van der Waals surface area contributed by atoms with E-state index in [0.29, 0.717) is 11.7 Å². The van der Waals surface area contributed by atoms with Crippen LogP contribution in [0.2, 0.25) is 0 Å². The SMILES string of the molecule is C[C@H]([C@@H](O)c1ccc(OCC(=O)O)cc1)N1CCC(Cc2ccccc2)CC1. The number of aliphatic carboxylic acids is 1. The maximum atomic E-state index is 10.8. The van der Waals surface area contributed by atoms with E-state index < -0.39 is 12.1 Å². The Morgan fingerprint density at radius 3 is 2.36 bits per heavy atom. The van der Waals surface area contributed by atoms with Crippen LogP contribution in [-0.2, 0) is 11.2 Å². The largest absolute Gasteiger partial charge is 0.482 e. The first kappa shape index (κ1) is 20.4. The summed E-state index contributed by atoms with van der Waals surface area (Å²) in [4.78, 5) is 12.9. The molecule has 0 unspecified atom stereocenters. The van der Waals surface area contributed by atoms with Gasteiger partial charge in [-0.3, -0.25) is 4.90 Å². The van der Waals surface area contributed by atoms with Crippen molar-refractivity contribution >= 4 is 5.97 Å². The molecule has 3 rings (SSSR count). The van der Waals surface area contributed by atoms with Crippen molar-refractivity contribution in [2.45, 2.75) is 38.3 Å².